The van der Waals surface area contributed by atoms with Crippen molar-refractivity contribution in [3.63, 3.8) is 0 Å². The highest BCUT2D eigenvalue weighted by atomic mass is 19.4. The number of imidazole rings is 1. The Morgan fingerprint density at radius 1 is 0.895 bits per heavy atom. The molecule has 38 heavy (non-hydrogen) atoms. The molecule has 2 aromatic heterocycles. The summed E-state index contributed by atoms with van der Waals surface area (Å²) in [5.41, 5.74) is 1.59. The van der Waals surface area contributed by atoms with Crippen molar-refractivity contribution in [2.45, 2.75) is 6.18 Å². The molecule has 0 aliphatic rings. The Morgan fingerprint density at radius 3 is 2.21 bits per heavy atom. The van der Waals surface area contributed by atoms with Crippen molar-refractivity contribution in [1.29, 1.82) is 0 Å². The molecule has 0 fully saturated rings. The molecule has 2 heterocycles. The Morgan fingerprint density at radius 2 is 1.55 bits per heavy atom. The lowest BCUT2D eigenvalue weighted by Gasteiger charge is -2.10. The third kappa shape index (κ3) is 4.79. The van der Waals surface area contributed by atoms with Crippen molar-refractivity contribution >= 4 is 22.6 Å². The fourth-order valence-corrected chi connectivity index (χ4v) is 3.97. The third-order valence-corrected chi connectivity index (χ3v) is 5.71. The maximum atomic E-state index is 13.6. The normalized spacial score (nSPS) is 11.3. The van der Waals surface area contributed by atoms with Gasteiger partial charge in [-0.3, -0.25) is 18.9 Å². The first-order chi connectivity index (χ1) is 18.2. The van der Waals surface area contributed by atoms with E-state index in [4.69, 9.17) is 4.74 Å². The molecule has 3 aromatic carbocycles. The molecule has 0 aliphatic carbocycles. The Hall–Kier alpha value is -5.12. The van der Waals surface area contributed by atoms with Gasteiger partial charge >= 0.3 is 11.9 Å². The van der Waals surface area contributed by atoms with E-state index in [2.05, 4.69) is 16.9 Å². The van der Waals surface area contributed by atoms with Gasteiger partial charge in [-0.05, 0) is 78.9 Å². The lowest BCUT2D eigenvalue weighted by Crippen LogP contribution is -2.22. The van der Waals surface area contributed by atoms with E-state index in [1.54, 1.807) is 67.0 Å². The topological polar surface area (TPSA) is 78.2 Å². The van der Waals surface area contributed by atoms with Gasteiger partial charge in [0, 0.05) is 11.9 Å². The van der Waals surface area contributed by atoms with Crippen molar-refractivity contribution in [1.82, 2.24) is 14.1 Å². The summed E-state index contributed by atoms with van der Waals surface area (Å²) in [6.45, 7) is 3.44. The molecule has 1 amide bonds. The number of hydrogen-bond donors (Lipinski definition) is 1. The summed E-state index contributed by atoms with van der Waals surface area (Å²) in [5, 5.41) is 2.68. The van der Waals surface area contributed by atoms with Crippen molar-refractivity contribution in [2.24, 2.45) is 0 Å². The van der Waals surface area contributed by atoms with Gasteiger partial charge in [0.15, 0.2) is 0 Å². The molecule has 0 unspecified atom stereocenters. The third-order valence-electron chi connectivity index (χ3n) is 5.71. The average molecular weight is 516 g/mol. The zero-order valence-electron chi connectivity index (χ0n) is 19.6. The predicted molar refractivity (Wildman–Crippen MR) is 137 cm³/mol. The highest BCUT2D eigenvalue weighted by Gasteiger charge is 2.30. The number of carbonyl (C=O) groups excluding carboxylic acids is 1. The van der Waals surface area contributed by atoms with Crippen LogP contribution >= 0.6 is 0 Å². The van der Waals surface area contributed by atoms with Crippen LogP contribution in [0.15, 0.2) is 109 Å². The lowest BCUT2D eigenvalue weighted by molar-refractivity contribution is -0.137. The highest BCUT2D eigenvalue weighted by Crippen LogP contribution is 2.31. The molecular formula is C28H19F3N4O3. The number of hydrogen-bond acceptors (Lipinski definition) is 4. The zero-order chi connectivity index (χ0) is 26.9. The number of alkyl halides is 3. The molecule has 0 saturated carbocycles. The minimum atomic E-state index is -4.43. The fraction of sp³-hybridized carbons (Fsp3) is 0.0357. The van der Waals surface area contributed by atoms with Gasteiger partial charge in [0.25, 0.3) is 0 Å². The van der Waals surface area contributed by atoms with Gasteiger partial charge < -0.3 is 10.1 Å². The minimum absolute atomic E-state index is 0.243. The molecule has 0 bridgehead atoms. The monoisotopic (exact) mass is 516 g/mol. The van der Waals surface area contributed by atoms with E-state index in [-0.39, 0.29) is 17.3 Å². The molecule has 0 atom stereocenters. The standard InChI is InChI=1S/C28H19F3N4O3/c1-2-26(36)33-19-4-3-5-21(16-19)35-24-14-15-32-17-25(24)34(27(35)37)20-8-12-23(13-9-20)38-22-10-6-18(7-11-22)28(29,30)31/h2-17H,1H2,(H,33,36). The molecule has 0 spiro atoms. The van der Waals surface area contributed by atoms with E-state index in [1.807, 2.05) is 0 Å². The summed E-state index contributed by atoms with van der Waals surface area (Å²) >= 11 is 0. The van der Waals surface area contributed by atoms with Crippen molar-refractivity contribution in [3.8, 4) is 22.9 Å². The summed E-state index contributed by atoms with van der Waals surface area (Å²) < 4.78 is 47.0. The van der Waals surface area contributed by atoms with Crippen LogP contribution in [0, 0.1) is 0 Å². The quantitative estimate of drug-likeness (QED) is 0.276. The number of pyridine rings is 1. The van der Waals surface area contributed by atoms with Crippen molar-refractivity contribution < 1.29 is 22.7 Å². The number of fused-ring (bicyclic) bond motifs is 1. The number of carbonyl (C=O) groups is 1. The number of ether oxygens (including phenoxy) is 1. The molecule has 0 radical (unpaired) electrons. The summed E-state index contributed by atoms with van der Waals surface area (Å²) in [6.07, 6.45) is -0.125. The molecule has 190 valence electrons. The van der Waals surface area contributed by atoms with Crippen LogP contribution in [0.2, 0.25) is 0 Å². The Labute approximate surface area is 214 Å². The number of rotatable bonds is 6. The molecule has 10 heteroatoms. The molecule has 7 nitrogen and oxygen atoms in total. The maximum Gasteiger partial charge on any atom is 0.416 e. The molecule has 5 rings (SSSR count). The van der Waals surface area contributed by atoms with Crippen LogP contribution in [-0.4, -0.2) is 20.0 Å². The smallest absolute Gasteiger partial charge is 0.416 e. The zero-order valence-corrected chi connectivity index (χ0v) is 19.6. The van der Waals surface area contributed by atoms with E-state index in [1.165, 1.54) is 21.3 Å². The molecule has 0 saturated heterocycles. The second-order valence-electron chi connectivity index (χ2n) is 8.18. The summed E-state index contributed by atoms with van der Waals surface area (Å²) in [4.78, 5) is 29.5. The number of anilines is 1. The van der Waals surface area contributed by atoms with Gasteiger partial charge in [0.05, 0.1) is 34.2 Å². The molecule has 5 aromatic rings. The Balaban J connectivity index is 1.49. The first kappa shape index (κ1) is 24.6. The van der Waals surface area contributed by atoms with Crippen LogP contribution < -0.4 is 15.7 Å². The molecular weight excluding hydrogens is 497 g/mol. The average Bonchev–Trinajstić information content (AvgIpc) is 3.20. The van der Waals surface area contributed by atoms with Gasteiger partial charge in [-0.25, -0.2) is 4.79 Å². The fourth-order valence-electron chi connectivity index (χ4n) is 3.97. The number of amides is 1. The number of benzene rings is 3. The van der Waals surface area contributed by atoms with Gasteiger partial charge in [-0.2, -0.15) is 13.2 Å². The Kier molecular flexibility index (Phi) is 6.29. The van der Waals surface area contributed by atoms with Crippen LogP contribution in [0.1, 0.15) is 5.56 Å². The van der Waals surface area contributed by atoms with E-state index in [9.17, 15) is 22.8 Å². The van der Waals surface area contributed by atoms with Gasteiger partial charge in [-0.1, -0.05) is 12.6 Å². The SMILES string of the molecule is C=CC(=O)Nc1cccc(-n2c(=O)n(-c3ccc(Oc4ccc(C(F)(F)F)cc4)cc3)c3cnccc32)c1. The van der Waals surface area contributed by atoms with Crippen LogP contribution in [0.4, 0.5) is 18.9 Å². The Bertz CT molecular complexity index is 1700. The number of halogens is 3. The first-order valence-electron chi connectivity index (χ1n) is 11.3. The predicted octanol–water partition coefficient (Wildman–Crippen LogP) is 6.11. The lowest BCUT2D eigenvalue weighted by atomic mass is 10.2. The minimum Gasteiger partial charge on any atom is -0.457 e. The van der Waals surface area contributed by atoms with Crippen LogP contribution in [0.3, 0.4) is 0 Å². The van der Waals surface area contributed by atoms with Gasteiger partial charge in [0.2, 0.25) is 5.91 Å². The van der Waals surface area contributed by atoms with Crippen molar-refractivity contribution in [3.05, 3.63) is 120 Å². The van der Waals surface area contributed by atoms with E-state index >= 15 is 0 Å². The van der Waals surface area contributed by atoms with Gasteiger partial charge in [0.1, 0.15) is 11.5 Å². The number of nitrogens with zero attached hydrogens (tertiary/aromatic N) is 3. The van der Waals surface area contributed by atoms with Crippen molar-refractivity contribution in [2.75, 3.05) is 5.32 Å². The van der Waals surface area contributed by atoms with Crippen LogP contribution in [0.5, 0.6) is 11.5 Å². The summed E-state index contributed by atoms with van der Waals surface area (Å²) in [6, 6.07) is 19.5. The number of nitrogens with one attached hydrogen (secondary N) is 1. The second kappa shape index (κ2) is 9.74. The van der Waals surface area contributed by atoms with Crippen LogP contribution in [-0.2, 0) is 11.0 Å². The van der Waals surface area contributed by atoms with E-state index < -0.39 is 11.7 Å². The largest absolute Gasteiger partial charge is 0.457 e. The first-order valence-corrected chi connectivity index (χ1v) is 11.3. The van der Waals surface area contributed by atoms with Gasteiger partial charge in [-0.15, -0.1) is 0 Å². The number of aromatic nitrogens is 3. The second-order valence-corrected chi connectivity index (χ2v) is 8.18. The van der Waals surface area contributed by atoms with Crippen LogP contribution in [0.25, 0.3) is 22.4 Å². The summed E-state index contributed by atoms with van der Waals surface area (Å²) in [7, 11) is 0. The molecule has 1 N–H and O–H groups in total. The summed E-state index contributed by atoms with van der Waals surface area (Å²) in [5.74, 6) is 0.251. The highest BCUT2D eigenvalue weighted by molar-refractivity contribution is 5.99. The van der Waals surface area contributed by atoms with E-state index in [0.29, 0.717) is 33.8 Å². The van der Waals surface area contributed by atoms with E-state index in [0.717, 1.165) is 18.2 Å². The molecule has 0 aliphatic heterocycles. The maximum absolute atomic E-state index is 13.6.